The molecule has 1 atom stereocenters. The van der Waals surface area contributed by atoms with E-state index in [0.29, 0.717) is 25.7 Å². The van der Waals surface area contributed by atoms with E-state index in [4.69, 9.17) is 15.3 Å². The molecule has 1 unspecified atom stereocenters. The van der Waals surface area contributed by atoms with E-state index in [1.165, 1.54) is 103 Å². The van der Waals surface area contributed by atoms with E-state index in [2.05, 4.69) is 17.1 Å². The first kappa shape index (κ1) is 31.8. The number of aliphatic hydroxyl groups is 3. The summed E-state index contributed by atoms with van der Waals surface area (Å²) < 4.78 is 0. The maximum absolute atomic E-state index is 9.15. The van der Waals surface area contributed by atoms with Crippen molar-refractivity contribution in [2.75, 3.05) is 46.0 Å². The van der Waals surface area contributed by atoms with Gasteiger partial charge in [-0.15, -0.1) is 0 Å². The van der Waals surface area contributed by atoms with Gasteiger partial charge in [0.1, 0.15) is 0 Å². The van der Waals surface area contributed by atoms with Gasteiger partial charge in [0.2, 0.25) is 0 Å². The summed E-state index contributed by atoms with van der Waals surface area (Å²) in [6.45, 7) is 5.61. The molecule has 5 heteroatoms. The Morgan fingerprint density at radius 3 is 1.41 bits per heavy atom. The van der Waals surface area contributed by atoms with E-state index >= 15 is 0 Å². The molecule has 0 saturated carbocycles. The number of hydrogen-bond acceptors (Lipinski definition) is 5. The van der Waals surface area contributed by atoms with Gasteiger partial charge in [-0.3, -0.25) is 4.90 Å². The van der Waals surface area contributed by atoms with Crippen molar-refractivity contribution in [1.82, 2.24) is 10.2 Å². The van der Waals surface area contributed by atoms with Gasteiger partial charge < -0.3 is 20.6 Å². The molecule has 0 aliphatic heterocycles. The van der Waals surface area contributed by atoms with Crippen molar-refractivity contribution in [3.05, 3.63) is 0 Å². The monoisotopic (exact) mass is 458 g/mol. The van der Waals surface area contributed by atoms with Crippen molar-refractivity contribution in [2.45, 2.75) is 129 Å². The smallest absolute Gasteiger partial charge is 0.0558 e. The molecule has 0 bridgehead atoms. The van der Waals surface area contributed by atoms with E-state index in [9.17, 15) is 0 Å². The van der Waals surface area contributed by atoms with E-state index < -0.39 is 0 Å². The van der Waals surface area contributed by atoms with Gasteiger partial charge in [-0.2, -0.15) is 0 Å². The number of unbranched alkanes of at least 4 members (excludes halogenated alkanes) is 14. The summed E-state index contributed by atoms with van der Waals surface area (Å²) in [6, 6.07) is 0.467. The Hall–Kier alpha value is -0.200. The first-order valence-corrected chi connectivity index (χ1v) is 14.1. The predicted molar refractivity (Wildman–Crippen MR) is 138 cm³/mol. The fourth-order valence-corrected chi connectivity index (χ4v) is 4.56. The first-order chi connectivity index (χ1) is 15.8. The Bertz CT molecular complexity index is 339. The van der Waals surface area contributed by atoms with Crippen molar-refractivity contribution in [3.63, 3.8) is 0 Å². The van der Waals surface area contributed by atoms with Gasteiger partial charge in [0.05, 0.1) is 19.8 Å². The lowest BCUT2D eigenvalue weighted by Gasteiger charge is -2.23. The average molecular weight is 459 g/mol. The minimum atomic E-state index is 0.144. The highest BCUT2D eigenvalue weighted by Gasteiger charge is 2.10. The van der Waals surface area contributed by atoms with Crippen molar-refractivity contribution < 1.29 is 15.3 Å². The van der Waals surface area contributed by atoms with Crippen molar-refractivity contribution in [3.8, 4) is 0 Å². The Morgan fingerprint density at radius 1 is 0.531 bits per heavy atom. The van der Waals surface area contributed by atoms with E-state index in [0.717, 1.165) is 19.4 Å². The van der Waals surface area contributed by atoms with Crippen LogP contribution in [0.1, 0.15) is 122 Å². The maximum atomic E-state index is 9.15. The van der Waals surface area contributed by atoms with Crippen LogP contribution in [0.3, 0.4) is 0 Å². The van der Waals surface area contributed by atoms with Crippen LogP contribution in [0.5, 0.6) is 0 Å². The molecule has 0 amide bonds. The van der Waals surface area contributed by atoms with Crippen LogP contribution >= 0.6 is 0 Å². The van der Waals surface area contributed by atoms with Gasteiger partial charge in [0.15, 0.2) is 0 Å². The van der Waals surface area contributed by atoms with Gasteiger partial charge in [0, 0.05) is 25.7 Å². The molecule has 0 fully saturated rings. The van der Waals surface area contributed by atoms with Crippen LogP contribution in [0.25, 0.3) is 0 Å². The number of aliphatic hydroxyl groups excluding tert-OH is 3. The van der Waals surface area contributed by atoms with E-state index in [1.54, 1.807) is 0 Å². The summed E-state index contributed by atoms with van der Waals surface area (Å²) in [4.78, 5) is 2.12. The number of nitrogens with zero attached hydrogens (tertiary/aromatic N) is 1. The maximum Gasteiger partial charge on any atom is 0.0558 e. The lowest BCUT2D eigenvalue weighted by atomic mass is 10.0. The third-order valence-electron chi connectivity index (χ3n) is 6.56. The Labute approximate surface area is 200 Å². The van der Waals surface area contributed by atoms with Crippen LogP contribution in [0.4, 0.5) is 0 Å². The minimum Gasteiger partial charge on any atom is -0.395 e. The molecule has 0 rings (SSSR count). The molecule has 0 aromatic heterocycles. The molecule has 0 heterocycles. The summed E-state index contributed by atoms with van der Waals surface area (Å²) in [5.74, 6) is 0. The molecule has 0 aromatic rings. The molecule has 5 nitrogen and oxygen atoms in total. The van der Waals surface area contributed by atoms with Crippen LogP contribution in [-0.4, -0.2) is 72.3 Å². The Kier molecular flexibility index (Phi) is 26.9. The summed E-state index contributed by atoms with van der Waals surface area (Å²) in [5, 5.41) is 30.9. The first-order valence-electron chi connectivity index (χ1n) is 14.1. The minimum absolute atomic E-state index is 0.144. The fourth-order valence-electron chi connectivity index (χ4n) is 4.56. The fraction of sp³-hybridized carbons (Fsp3) is 1.00. The normalized spacial score (nSPS) is 12.7. The third-order valence-corrected chi connectivity index (χ3v) is 6.56. The van der Waals surface area contributed by atoms with Crippen molar-refractivity contribution >= 4 is 0 Å². The van der Waals surface area contributed by atoms with Crippen LogP contribution in [0, 0.1) is 0 Å². The molecule has 0 aliphatic carbocycles. The molecular formula is C27H58N2O3. The third kappa shape index (κ3) is 23.0. The molecule has 32 heavy (non-hydrogen) atoms. The zero-order valence-electron chi connectivity index (χ0n) is 21.5. The molecular weight excluding hydrogens is 400 g/mol. The van der Waals surface area contributed by atoms with E-state index in [-0.39, 0.29) is 19.8 Å². The summed E-state index contributed by atoms with van der Waals surface area (Å²) in [6.07, 6.45) is 24.2. The lowest BCUT2D eigenvalue weighted by Crippen LogP contribution is -2.34. The Balaban J connectivity index is 3.61. The summed E-state index contributed by atoms with van der Waals surface area (Å²) in [7, 11) is 0. The SMILES string of the molecule is CCCCCCCCCCCCCCCCCC(CCCN(CCO)CCO)NCCO. The zero-order valence-corrected chi connectivity index (χ0v) is 21.5. The average Bonchev–Trinajstić information content (AvgIpc) is 2.79. The van der Waals surface area contributed by atoms with Crippen LogP contribution in [-0.2, 0) is 0 Å². The molecule has 4 N–H and O–H groups in total. The highest BCUT2D eigenvalue weighted by Crippen LogP contribution is 2.15. The van der Waals surface area contributed by atoms with Crippen LogP contribution in [0.15, 0.2) is 0 Å². The number of nitrogens with one attached hydrogen (secondary N) is 1. The second kappa shape index (κ2) is 27.0. The molecule has 0 aliphatic rings. The largest absolute Gasteiger partial charge is 0.395 e. The second-order valence-corrected chi connectivity index (χ2v) is 9.54. The highest BCUT2D eigenvalue weighted by atomic mass is 16.3. The van der Waals surface area contributed by atoms with E-state index in [1.807, 2.05) is 0 Å². The molecule has 0 radical (unpaired) electrons. The molecule has 0 aromatic carbocycles. The van der Waals surface area contributed by atoms with Crippen molar-refractivity contribution in [1.29, 1.82) is 0 Å². The van der Waals surface area contributed by atoms with Gasteiger partial charge in [-0.25, -0.2) is 0 Å². The van der Waals surface area contributed by atoms with Gasteiger partial charge in [-0.1, -0.05) is 103 Å². The molecule has 0 saturated heterocycles. The zero-order chi connectivity index (χ0) is 23.5. The summed E-state index contributed by atoms with van der Waals surface area (Å²) in [5.41, 5.74) is 0. The number of rotatable bonds is 27. The van der Waals surface area contributed by atoms with Crippen molar-refractivity contribution in [2.24, 2.45) is 0 Å². The highest BCUT2D eigenvalue weighted by molar-refractivity contribution is 4.69. The van der Waals surface area contributed by atoms with Crippen LogP contribution in [0.2, 0.25) is 0 Å². The summed E-state index contributed by atoms with van der Waals surface area (Å²) >= 11 is 0. The quantitative estimate of drug-likeness (QED) is 0.126. The lowest BCUT2D eigenvalue weighted by molar-refractivity contribution is 0.157. The predicted octanol–water partition coefficient (Wildman–Crippen LogP) is 5.27. The van der Waals surface area contributed by atoms with Gasteiger partial charge in [0.25, 0.3) is 0 Å². The van der Waals surface area contributed by atoms with Gasteiger partial charge in [-0.05, 0) is 25.8 Å². The van der Waals surface area contributed by atoms with Gasteiger partial charge >= 0.3 is 0 Å². The topological polar surface area (TPSA) is 76.0 Å². The standard InChI is InChI=1S/C27H58N2O3/c1-2-3-4-5-6-7-8-9-10-11-12-13-14-15-16-18-27(28-20-24-30)19-17-21-29(22-25-31)23-26-32/h27-28,30-32H,2-26H2,1H3. The molecule has 194 valence electrons. The van der Waals surface area contributed by atoms with Crippen LogP contribution < -0.4 is 5.32 Å². The second-order valence-electron chi connectivity index (χ2n) is 9.54. The number of hydrogen-bond donors (Lipinski definition) is 4. The molecule has 0 spiro atoms. The Morgan fingerprint density at radius 2 is 0.969 bits per heavy atom.